The van der Waals surface area contributed by atoms with Gasteiger partial charge in [0.2, 0.25) is 0 Å². The van der Waals surface area contributed by atoms with Gasteiger partial charge in [0.25, 0.3) is 5.91 Å². The molecule has 0 radical (unpaired) electrons. The minimum Gasteiger partial charge on any atom is -0.350 e. The molecule has 0 bridgehead atoms. The normalized spacial score (nSPS) is 12.3. The fourth-order valence-corrected chi connectivity index (χ4v) is 2.50. The van der Waals surface area contributed by atoms with Crippen LogP contribution in [0.2, 0.25) is 0 Å². The number of amides is 1. The Labute approximate surface area is 134 Å². The molecule has 3 rings (SSSR count). The molecular weight excluding hydrogens is 290 g/mol. The Hall–Kier alpha value is -2.76. The maximum atomic E-state index is 12.6. The lowest BCUT2D eigenvalue weighted by Gasteiger charge is -2.16. The molecule has 0 aliphatic rings. The number of aryl methyl sites for hydroxylation is 1. The molecule has 1 aromatic carbocycles. The molecule has 0 fully saturated rings. The predicted octanol–water partition coefficient (Wildman–Crippen LogP) is 2.65. The third-order valence-corrected chi connectivity index (χ3v) is 3.93. The van der Waals surface area contributed by atoms with Crippen LogP contribution in [-0.4, -0.2) is 31.5 Å². The van der Waals surface area contributed by atoms with Gasteiger partial charge in [0.15, 0.2) is 5.65 Å². The summed E-state index contributed by atoms with van der Waals surface area (Å²) in [5, 5.41) is 3.02. The van der Waals surface area contributed by atoms with Crippen molar-refractivity contribution in [2.24, 2.45) is 0 Å². The highest BCUT2D eigenvalue weighted by Crippen LogP contribution is 2.23. The lowest BCUT2D eigenvalue weighted by molar-refractivity contribution is 0.0939. The molecule has 2 heterocycles. The highest BCUT2D eigenvalue weighted by Gasteiger charge is 2.18. The van der Waals surface area contributed by atoms with Crippen LogP contribution in [0.4, 0.5) is 0 Å². The van der Waals surface area contributed by atoms with Crippen LogP contribution in [0, 0.1) is 6.92 Å². The SMILES string of the molecule is CCC(C)NC(=O)c1cccc(C)c1-n1cnc2cncnc21. The Morgan fingerprint density at radius 2 is 2.17 bits per heavy atom. The fourth-order valence-electron chi connectivity index (χ4n) is 2.50. The van der Waals surface area contributed by atoms with E-state index in [2.05, 4.69) is 20.3 Å². The van der Waals surface area contributed by atoms with Crippen LogP contribution in [0.3, 0.4) is 0 Å². The topological polar surface area (TPSA) is 72.7 Å². The first-order valence-corrected chi connectivity index (χ1v) is 7.65. The van der Waals surface area contributed by atoms with E-state index in [0.717, 1.165) is 17.7 Å². The number of benzene rings is 1. The molecule has 23 heavy (non-hydrogen) atoms. The van der Waals surface area contributed by atoms with Gasteiger partial charge in [-0.05, 0) is 31.9 Å². The molecule has 1 atom stereocenters. The summed E-state index contributed by atoms with van der Waals surface area (Å²) in [5.74, 6) is -0.0889. The van der Waals surface area contributed by atoms with E-state index in [9.17, 15) is 4.79 Å². The van der Waals surface area contributed by atoms with Gasteiger partial charge in [-0.2, -0.15) is 0 Å². The van der Waals surface area contributed by atoms with Gasteiger partial charge < -0.3 is 5.32 Å². The highest BCUT2D eigenvalue weighted by molar-refractivity contribution is 5.99. The summed E-state index contributed by atoms with van der Waals surface area (Å²) in [6.07, 6.45) is 5.71. The van der Waals surface area contributed by atoms with E-state index in [0.29, 0.717) is 16.7 Å². The van der Waals surface area contributed by atoms with Gasteiger partial charge in [0.05, 0.1) is 17.4 Å². The molecule has 2 aromatic heterocycles. The molecule has 1 unspecified atom stereocenters. The summed E-state index contributed by atoms with van der Waals surface area (Å²) in [4.78, 5) is 25.2. The number of hydrogen-bond donors (Lipinski definition) is 1. The number of aromatic nitrogens is 4. The highest BCUT2D eigenvalue weighted by atomic mass is 16.1. The van der Waals surface area contributed by atoms with Crippen LogP contribution in [-0.2, 0) is 0 Å². The number of imidazole rings is 1. The smallest absolute Gasteiger partial charge is 0.253 e. The van der Waals surface area contributed by atoms with Gasteiger partial charge in [-0.3, -0.25) is 9.36 Å². The summed E-state index contributed by atoms with van der Waals surface area (Å²) >= 11 is 0. The Bertz CT molecular complexity index is 855. The molecule has 0 aliphatic heterocycles. The van der Waals surface area contributed by atoms with Gasteiger partial charge in [-0.1, -0.05) is 19.1 Å². The number of nitrogens with one attached hydrogen (secondary N) is 1. The second kappa shape index (κ2) is 6.16. The molecule has 0 saturated carbocycles. The van der Waals surface area contributed by atoms with Crippen molar-refractivity contribution in [1.29, 1.82) is 0 Å². The van der Waals surface area contributed by atoms with Crippen LogP contribution < -0.4 is 5.32 Å². The van der Waals surface area contributed by atoms with Crippen LogP contribution in [0.1, 0.15) is 36.2 Å². The second-order valence-corrected chi connectivity index (χ2v) is 5.60. The van der Waals surface area contributed by atoms with Gasteiger partial charge in [0, 0.05) is 6.04 Å². The summed E-state index contributed by atoms with van der Waals surface area (Å²) in [6, 6.07) is 5.81. The van der Waals surface area contributed by atoms with Crippen molar-refractivity contribution in [3.63, 3.8) is 0 Å². The third-order valence-electron chi connectivity index (χ3n) is 3.93. The number of para-hydroxylation sites is 1. The van der Waals surface area contributed by atoms with Crippen molar-refractivity contribution in [1.82, 2.24) is 24.8 Å². The number of hydrogen-bond acceptors (Lipinski definition) is 4. The fraction of sp³-hybridized carbons (Fsp3) is 0.294. The zero-order chi connectivity index (χ0) is 16.4. The number of nitrogens with zero attached hydrogens (tertiary/aromatic N) is 4. The predicted molar refractivity (Wildman–Crippen MR) is 88.6 cm³/mol. The number of carbonyl (C=O) groups is 1. The first-order valence-electron chi connectivity index (χ1n) is 7.65. The first kappa shape index (κ1) is 15.1. The van der Waals surface area contributed by atoms with Crippen molar-refractivity contribution >= 4 is 17.1 Å². The van der Waals surface area contributed by atoms with Crippen molar-refractivity contribution < 1.29 is 4.79 Å². The van der Waals surface area contributed by atoms with Gasteiger partial charge in [0.1, 0.15) is 18.2 Å². The zero-order valence-electron chi connectivity index (χ0n) is 13.4. The number of rotatable bonds is 4. The lowest BCUT2D eigenvalue weighted by atomic mass is 10.1. The maximum Gasteiger partial charge on any atom is 0.253 e. The standard InChI is InChI=1S/C17H19N5O/c1-4-12(3)21-17(23)13-7-5-6-11(2)15(13)22-10-20-14-8-18-9-19-16(14)22/h5-10,12H,4H2,1-3H3,(H,21,23). The van der Waals surface area contributed by atoms with Gasteiger partial charge in [-0.15, -0.1) is 0 Å². The summed E-state index contributed by atoms with van der Waals surface area (Å²) in [6.45, 7) is 6.01. The zero-order valence-corrected chi connectivity index (χ0v) is 13.4. The first-order chi connectivity index (χ1) is 11.1. The van der Waals surface area contributed by atoms with E-state index in [1.807, 2.05) is 43.5 Å². The maximum absolute atomic E-state index is 12.6. The quantitative estimate of drug-likeness (QED) is 0.804. The van der Waals surface area contributed by atoms with E-state index in [-0.39, 0.29) is 11.9 Å². The van der Waals surface area contributed by atoms with Crippen molar-refractivity contribution in [2.45, 2.75) is 33.2 Å². The van der Waals surface area contributed by atoms with Crippen LogP contribution in [0.15, 0.2) is 37.1 Å². The van der Waals surface area contributed by atoms with Crippen molar-refractivity contribution in [3.8, 4) is 5.69 Å². The molecule has 118 valence electrons. The molecule has 6 nitrogen and oxygen atoms in total. The summed E-state index contributed by atoms with van der Waals surface area (Å²) in [7, 11) is 0. The molecule has 0 spiro atoms. The monoisotopic (exact) mass is 309 g/mol. The minimum absolute atomic E-state index is 0.0889. The van der Waals surface area contributed by atoms with Gasteiger partial charge >= 0.3 is 0 Å². The largest absolute Gasteiger partial charge is 0.350 e. The Morgan fingerprint density at radius 1 is 1.35 bits per heavy atom. The second-order valence-electron chi connectivity index (χ2n) is 5.60. The number of carbonyl (C=O) groups excluding carboxylic acids is 1. The molecule has 1 N–H and O–H groups in total. The minimum atomic E-state index is -0.0889. The van der Waals surface area contributed by atoms with Crippen molar-refractivity contribution in [3.05, 3.63) is 48.2 Å². The number of fused-ring (bicyclic) bond motifs is 1. The Morgan fingerprint density at radius 3 is 2.96 bits per heavy atom. The average Bonchev–Trinajstić information content (AvgIpc) is 2.98. The molecule has 1 amide bonds. The van der Waals surface area contributed by atoms with E-state index >= 15 is 0 Å². The van der Waals surface area contributed by atoms with E-state index in [4.69, 9.17) is 0 Å². The molecule has 0 aliphatic carbocycles. The molecular formula is C17H19N5O. The van der Waals surface area contributed by atoms with Gasteiger partial charge in [-0.25, -0.2) is 15.0 Å². The van der Waals surface area contributed by atoms with E-state index < -0.39 is 0 Å². The van der Waals surface area contributed by atoms with E-state index in [1.54, 1.807) is 12.5 Å². The third kappa shape index (κ3) is 2.79. The Balaban J connectivity index is 2.14. The molecule has 6 heteroatoms. The summed E-state index contributed by atoms with van der Waals surface area (Å²) < 4.78 is 1.85. The lowest BCUT2D eigenvalue weighted by Crippen LogP contribution is -2.32. The van der Waals surface area contributed by atoms with Crippen molar-refractivity contribution in [2.75, 3.05) is 0 Å². The van der Waals surface area contributed by atoms with Crippen LogP contribution in [0.5, 0.6) is 0 Å². The Kier molecular flexibility index (Phi) is 4.06. The van der Waals surface area contributed by atoms with E-state index in [1.165, 1.54) is 6.33 Å². The average molecular weight is 309 g/mol. The van der Waals surface area contributed by atoms with Crippen LogP contribution >= 0.6 is 0 Å². The van der Waals surface area contributed by atoms with Crippen LogP contribution in [0.25, 0.3) is 16.9 Å². The molecule has 0 saturated heterocycles. The summed E-state index contributed by atoms with van der Waals surface area (Å²) in [5.41, 5.74) is 3.79. The molecule has 3 aromatic rings.